The second-order valence-electron chi connectivity index (χ2n) is 7.17. The summed E-state index contributed by atoms with van der Waals surface area (Å²) >= 11 is 0. The van der Waals surface area contributed by atoms with E-state index in [4.69, 9.17) is 0 Å². The van der Waals surface area contributed by atoms with Gasteiger partial charge in [-0.05, 0) is 17.2 Å². The van der Waals surface area contributed by atoms with Gasteiger partial charge < -0.3 is 4.90 Å². The van der Waals surface area contributed by atoms with Crippen LogP contribution in [0, 0.1) is 0 Å². The van der Waals surface area contributed by atoms with E-state index in [9.17, 15) is 13.2 Å². The highest BCUT2D eigenvalue weighted by Crippen LogP contribution is 2.12. The summed E-state index contributed by atoms with van der Waals surface area (Å²) in [5, 5.41) is 1.26. The number of carbonyl (C=O) groups excluding carboxylic acids is 1. The molecule has 29 heavy (non-hydrogen) atoms. The molecule has 0 N–H and O–H groups in total. The number of piperazine rings is 1. The predicted molar refractivity (Wildman–Crippen MR) is 115 cm³/mol. The van der Waals surface area contributed by atoms with Crippen LogP contribution in [0.1, 0.15) is 11.1 Å². The highest BCUT2D eigenvalue weighted by atomic mass is 32.2. The molecule has 0 atom stereocenters. The molecular weight excluding hydrogens is 386 g/mol. The molecule has 6 nitrogen and oxygen atoms in total. The maximum Gasteiger partial charge on any atom is 0.236 e. The Labute approximate surface area is 173 Å². The summed E-state index contributed by atoms with van der Waals surface area (Å²) in [6.45, 7) is 2.73. The van der Waals surface area contributed by atoms with Gasteiger partial charge in [-0.3, -0.25) is 9.69 Å². The highest BCUT2D eigenvalue weighted by Gasteiger charge is 2.26. The molecule has 1 heterocycles. The van der Waals surface area contributed by atoms with Crippen molar-refractivity contribution in [3.05, 3.63) is 77.2 Å². The van der Waals surface area contributed by atoms with E-state index < -0.39 is 10.0 Å². The molecular formula is C22H27N3O3S. The van der Waals surface area contributed by atoms with Crippen LogP contribution < -0.4 is 0 Å². The van der Waals surface area contributed by atoms with Crippen molar-refractivity contribution in [2.75, 3.05) is 39.8 Å². The van der Waals surface area contributed by atoms with E-state index in [1.165, 1.54) is 9.71 Å². The Bertz CT molecular complexity index is 922. The Kier molecular flexibility index (Phi) is 7.19. The average Bonchev–Trinajstić information content (AvgIpc) is 2.74. The molecule has 1 aliphatic rings. The Balaban J connectivity index is 1.48. The molecule has 0 spiro atoms. The van der Waals surface area contributed by atoms with Gasteiger partial charge in [0.1, 0.15) is 0 Å². The minimum atomic E-state index is -3.46. The topological polar surface area (TPSA) is 60.9 Å². The lowest BCUT2D eigenvalue weighted by atomic mass is 10.2. The smallest absolute Gasteiger partial charge is 0.236 e. The molecule has 0 aromatic heterocycles. The number of hydrogen-bond donors (Lipinski definition) is 0. The maximum atomic E-state index is 12.5. The van der Waals surface area contributed by atoms with Crippen molar-refractivity contribution in [3.8, 4) is 0 Å². The highest BCUT2D eigenvalue weighted by molar-refractivity contribution is 7.92. The molecule has 1 aliphatic heterocycles. The van der Waals surface area contributed by atoms with Gasteiger partial charge in [0.25, 0.3) is 0 Å². The fourth-order valence-electron chi connectivity index (χ4n) is 3.21. The van der Waals surface area contributed by atoms with Gasteiger partial charge in [-0.15, -0.1) is 0 Å². The molecule has 1 saturated heterocycles. The molecule has 1 fully saturated rings. The molecule has 7 heteroatoms. The van der Waals surface area contributed by atoms with E-state index in [0.29, 0.717) is 39.3 Å². The van der Waals surface area contributed by atoms with Crippen LogP contribution in [0.15, 0.2) is 66.1 Å². The third-order valence-electron chi connectivity index (χ3n) is 4.97. The summed E-state index contributed by atoms with van der Waals surface area (Å²) in [5.41, 5.74) is 1.94. The summed E-state index contributed by atoms with van der Waals surface area (Å²) in [6.07, 6.45) is 1.61. The summed E-state index contributed by atoms with van der Waals surface area (Å²) in [7, 11) is -1.66. The van der Waals surface area contributed by atoms with Crippen molar-refractivity contribution in [1.82, 2.24) is 14.1 Å². The molecule has 0 aliphatic carbocycles. The van der Waals surface area contributed by atoms with Gasteiger partial charge >= 0.3 is 0 Å². The number of likely N-dealkylation sites (N-methyl/N-ethyl adjacent to an activating group) is 1. The normalized spacial score (nSPS) is 16.2. The monoisotopic (exact) mass is 413 g/mol. The first-order chi connectivity index (χ1) is 13.9. The number of rotatable bonds is 7. The average molecular weight is 414 g/mol. The van der Waals surface area contributed by atoms with E-state index in [0.717, 1.165) is 11.1 Å². The summed E-state index contributed by atoms with van der Waals surface area (Å²) in [6, 6.07) is 19.2. The van der Waals surface area contributed by atoms with Gasteiger partial charge in [-0.25, -0.2) is 8.42 Å². The fourth-order valence-corrected chi connectivity index (χ4v) is 4.39. The Hall–Kier alpha value is -2.48. The largest absolute Gasteiger partial charge is 0.340 e. The van der Waals surface area contributed by atoms with E-state index in [1.54, 1.807) is 18.0 Å². The minimum absolute atomic E-state index is 0.0362. The number of nitrogens with zero attached hydrogens (tertiary/aromatic N) is 3. The quantitative estimate of drug-likeness (QED) is 0.699. The van der Waals surface area contributed by atoms with E-state index in [-0.39, 0.29) is 5.91 Å². The van der Waals surface area contributed by atoms with Crippen molar-refractivity contribution < 1.29 is 13.2 Å². The summed E-state index contributed by atoms with van der Waals surface area (Å²) < 4.78 is 26.6. The van der Waals surface area contributed by atoms with Crippen LogP contribution >= 0.6 is 0 Å². The first-order valence-corrected chi connectivity index (χ1v) is 11.2. The van der Waals surface area contributed by atoms with Gasteiger partial charge in [0.05, 0.1) is 6.54 Å². The van der Waals surface area contributed by atoms with Crippen LogP contribution in [0.4, 0.5) is 0 Å². The van der Waals surface area contributed by atoms with Gasteiger partial charge in [0, 0.05) is 45.2 Å². The Morgan fingerprint density at radius 2 is 1.55 bits per heavy atom. The molecule has 0 radical (unpaired) electrons. The van der Waals surface area contributed by atoms with Crippen LogP contribution in [-0.4, -0.2) is 68.2 Å². The zero-order valence-corrected chi connectivity index (χ0v) is 17.5. The van der Waals surface area contributed by atoms with Crippen LogP contribution in [0.2, 0.25) is 0 Å². The standard InChI is InChI=1S/C22H27N3O3S/c1-23(18-21-10-6-3-7-11-21)22(26)19-24-13-15-25(16-14-24)29(27,28)17-12-20-8-4-2-5-9-20/h2-12,17H,13-16,18-19H2,1H3/b17-12+. The molecule has 0 unspecified atom stereocenters. The summed E-state index contributed by atoms with van der Waals surface area (Å²) in [5.74, 6) is 0.0362. The molecule has 0 saturated carbocycles. The second kappa shape index (κ2) is 9.82. The van der Waals surface area contributed by atoms with Gasteiger partial charge in [-0.1, -0.05) is 60.7 Å². The zero-order valence-electron chi connectivity index (χ0n) is 16.6. The molecule has 0 bridgehead atoms. The van der Waals surface area contributed by atoms with Gasteiger partial charge in [0.2, 0.25) is 15.9 Å². The number of sulfonamides is 1. The number of hydrogen-bond acceptors (Lipinski definition) is 4. The third kappa shape index (κ3) is 6.25. The summed E-state index contributed by atoms with van der Waals surface area (Å²) in [4.78, 5) is 16.2. The van der Waals surface area contributed by atoms with Crippen LogP contribution in [0.5, 0.6) is 0 Å². The molecule has 3 rings (SSSR count). The first kappa shape index (κ1) is 21.2. The maximum absolute atomic E-state index is 12.5. The molecule has 154 valence electrons. The molecule has 1 amide bonds. The second-order valence-corrected chi connectivity index (χ2v) is 8.99. The van der Waals surface area contributed by atoms with Crippen molar-refractivity contribution in [2.24, 2.45) is 0 Å². The van der Waals surface area contributed by atoms with E-state index >= 15 is 0 Å². The fraction of sp³-hybridized carbons (Fsp3) is 0.318. The van der Waals surface area contributed by atoms with Gasteiger partial charge in [0.15, 0.2) is 0 Å². The lowest BCUT2D eigenvalue weighted by Gasteiger charge is -2.33. The van der Waals surface area contributed by atoms with E-state index in [2.05, 4.69) is 0 Å². The van der Waals surface area contributed by atoms with E-state index in [1.807, 2.05) is 65.6 Å². The van der Waals surface area contributed by atoms with Crippen molar-refractivity contribution in [1.29, 1.82) is 0 Å². The lowest BCUT2D eigenvalue weighted by molar-refractivity contribution is -0.131. The van der Waals surface area contributed by atoms with Crippen molar-refractivity contribution in [2.45, 2.75) is 6.54 Å². The first-order valence-electron chi connectivity index (χ1n) is 9.67. The lowest BCUT2D eigenvalue weighted by Crippen LogP contribution is -2.50. The van der Waals surface area contributed by atoms with Crippen molar-refractivity contribution >= 4 is 22.0 Å². The number of benzene rings is 2. The zero-order chi connectivity index (χ0) is 20.7. The Morgan fingerprint density at radius 1 is 0.966 bits per heavy atom. The number of amides is 1. The molecule has 2 aromatic rings. The van der Waals surface area contributed by atoms with Gasteiger partial charge in [-0.2, -0.15) is 4.31 Å². The SMILES string of the molecule is CN(Cc1ccccc1)C(=O)CN1CCN(S(=O)(=O)/C=C/c2ccccc2)CC1. The van der Waals surface area contributed by atoms with Crippen molar-refractivity contribution in [3.63, 3.8) is 0 Å². The van der Waals surface area contributed by atoms with Crippen LogP contribution in [0.25, 0.3) is 6.08 Å². The predicted octanol–water partition coefficient (Wildman–Crippen LogP) is 2.26. The minimum Gasteiger partial charge on any atom is -0.340 e. The van der Waals surface area contributed by atoms with Crippen LogP contribution in [-0.2, 0) is 21.4 Å². The van der Waals surface area contributed by atoms with Crippen LogP contribution in [0.3, 0.4) is 0 Å². The Morgan fingerprint density at radius 3 is 2.17 bits per heavy atom. The number of carbonyl (C=O) groups is 1. The molecule has 2 aromatic carbocycles. The third-order valence-corrected chi connectivity index (χ3v) is 6.54.